The number of nitrogens with zero attached hydrogens (tertiary/aromatic N) is 3. The molecule has 0 fully saturated rings. The van der Waals surface area contributed by atoms with E-state index in [1.807, 2.05) is 11.9 Å². The molecule has 1 aromatic rings. The first-order chi connectivity index (χ1) is 10.4. The lowest BCUT2D eigenvalue weighted by atomic mass is 9.99. The minimum absolute atomic E-state index is 0.291. The van der Waals surface area contributed by atoms with Crippen LogP contribution in [0.25, 0.3) is 0 Å². The van der Waals surface area contributed by atoms with Gasteiger partial charge in [-0.25, -0.2) is 4.79 Å². The largest absolute Gasteiger partial charge is 0.416 e. The molecule has 0 spiro atoms. The molecule has 1 aromatic carbocycles. The van der Waals surface area contributed by atoms with Crippen LogP contribution < -0.4 is 4.90 Å². The van der Waals surface area contributed by atoms with E-state index in [1.165, 1.54) is 15.9 Å². The normalized spacial score (nSPS) is 17.9. The monoisotopic (exact) mass is 311 g/mol. The number of aryl methyl sites for hydroxylation is 1. The van der Waals surface area contributed by atoms with Crippen LogP contribution in [-0.4, -0.2) is 36.1 Å². The first-order valence-electron chi connectivity index (χ1n) is 7.03. The Morgan fingerprint density at radius 2 is 2.00 bits per heavy atom. The third-order valence-electron chi connectivity index (χ3n) is 3.88. The second kappa shape index (κ2) is 5.23. The zero-order chi connectivity index (χ0) is 15.9. The van der Waals surface area contributed by atoms with Crippen LogP contribution in [0.5, 0.6) is 0 Å². The molecule has 4 nitrogen and oxygen atoms in total. The molecule has 7 heteroatoms. The van der Waals surface area contributed by atoms with Gasteiger partial charge in [-0.3, -0.25) is 9.80 Å². The topological polar surface area (TPSA) is 26.8 Å². The van der Waals surface area contributed by atoms with Crippen molar-refractivity contribution < 1.29 is 18.0 Å². The number of amides is 2. The number of urea groups is 1. The fourth-order valence-electron chi connectivity index (χ4n) is 2.76. The molecule has 118 valence electrons. The van der Waals surface area contributed by atoms with E-state index in [2.05, 4.69) is 0 Å². The fourth-order valence-corrected chi connectivity index (χ4v) is 2.76. The number of carbonyl (C=O) groups excluding carboxylic acids is 1. The van der Waals surface area contributed by atoms with Gasteiger partial charge >= 0.3 is 12.2 Å². The summed E-state index contributed by atoms with van der Waals surface area (Å²) in [5.74, 6) is 0. The van der Waals surface area contributed by atoms with Crippen molar-refractivity contribution in [1.82, 2.24) is 9.80 Å². The number of halogens is 3. The Balaban J connectivity index is 1.93. The molecule has 0 unspecified atom stereocenters. The van der Waals surface area contributed by atoms with Gasteiger partial charge in [0, 0.05) is 31.7 Å². The molecule has 0 saturated carbocycles. The average molecular weight is 311 g/mol. The Hall–Kier alpha value is -2.18. The van der Waals surface area contributed by atoms with Crippen LogP contribution in [0.3, 0.4) is 0 Å². The Labute approximate surface area is 126 Å². The highest BCUT2D eigenvalue weighted by Gasteiger charge is 2.34. The molecule has 22 heavy (non-hydrogen) atoms. The van der Waals surface area contributed by atoms with E-state index in [0.29, 0.717) is 25.3 Å². The summed E-state index contributed by atoms with van der Waals surface area (Å²) >= 11 is 0. The fraction of sp³-hybridized carbons (Fsp3) is 0.400. The standard InChI is InChI=1S/C15H16F3N3O/c1-19-7-8-20(10-19)14(22)21-6-2-3-11-4-5-12(9-13(11)21)15(16,17)18/h4-5,7-9H,2-3,6,10H2,1H3. The maximum Gasteiger partial charge on any atom is 0.416 e. The van der Waals surface area contributed by atoms with Gasteiger partial charge in [0.1, 0.15) is 0 Å². The van der Waals surface area contributed by atoms with E-state index < -0.39 is 11.7 Å². The van der Waals surface area contributed by atoms with Crippen molar-refractivity contribution >= 4 is 11.7 Å². The van der Waals surface area contributed by atoms with Gasteiger partial charge in [0.05, 0.1) is 12.2 Å². The second-order valence-electron chi connectivity index (χ2n) is 5.55. The van der Waals surface area contributed by atoms with Gasteiger partial charge in [-0.2, -0.15) is 13.2 Å². The van der Waals surface area contributed by atoms with Gasteiger partial charge < -0.3 is 4.90 Å². The maximum absolute atomic E-state index is 12.9. The van der Waals surface area contributed by atoms with E-state index >= 15 is 0 Å². The lowest BCUT2D eigenvalue weighted by Gasteiger charge is -2.32. The van der Waals surface area contributed by atoms with Gasteiger partial charge in [-0.1, -0.05) is 6.07 Å². The molecule has 0 N–H and O–H groups in total. The molecule has 0 radical (unpaired) electrons. The van der Waals surface area contributed by atoms with Crippen molar-refractivity contribution in [2.75, 3.05) is 25.2 Å². The second-order valence-corrected chi connectivity index (χ2v) is 5.55. The van der Waals surface area contributed by atoms with E-state index in [4.69, 9.17) is 0 Å². The molecule has 0 saturated heterocycles. The third-order valence-corrected chi connectivity index (χ3v) is 3.88. The average Bonchev–Trinajstić information content (AvgIpc) is 2.91. The highest BCUT2D eigenvalue weighted by molar-refractivity contribution is 5.94. The predicted molar refractivity (Wildman–Crippen MR) is 76.1 cm³/mol. The maximum atomic E-state index is 12.9. The zero-order valence-corrected chi connectivity index (χ0v) is 12.1. The molecule has 2 heterocycles. The molecule has 0 bridgehead atoms. The summed E-state index contributed by atoms with van der Waals surface area (Å²) in [5, 5.41) is 0. The van der Waals surface area contributed by atoms with Crippen molar-refractivity contribution in [1.29, 1.82) is 0 Å². The number of hydrogen-bond donors (Lipinski definition) is 0. The Morgan fingerprint density at radius 3 is 2.64 bits per heavy atom. The van der Waals surface area contributed by atoms with Crippen molar-refractivity contribution in [2.45, 2.75) is 19.0 Å². The Bertz CT molecular complexity index is 627. The summed E-state index contributed by atoms with van der Waals surface area (Å²) in [6.07, 6.45) is 0.429. The SMILES string of the molecule is CN1C=CN(C(=O)N2CCCc3ccc(C(F)(F)F)cc32)C1. The summed E-state index contributed by atoms with van der Waals surface area (Å²) in [4.78, 5) is 17.3. The lowest BCUT2D eigenvalue weighted by Crippen LogP contribution is -2.44. The van der Waals surface area contributed by atoms with Gasteiger partial charge in [0.2, 0.25) is 0 Å². The van der Waals surface area contributed by atoms with Crippen molar-refractivity contribution in [2.24, 2.45) is 0 Å². The molecule has 0 aromatic heterocycles. The van der Waals surface area contributed by atoms with Crippen molar-refractivity contribution in [3.05, 3.63) is 41.7 Å². The summed E-state index contributed by atoms with van der Waals surface area (Å²) < 4.78 is 38.7. The van der Waals surface area contributed by atoms with Gasteiger partial charge in [0.25, 0.3) is 0 Å². The third kappa shape index (κ3) is 2.63. The van der Waals surface area contributed by atoms with Crippen LogP contribution in [0.15, 0.2) is 30.6 Å². The predicted octanol–water partition coefficient (Wildman–Crippen LogP) is 3.25. The van der Waals surface area contributed by atoms with Gasteiger partial charge in [-0.15, -0.1) is 0 Å². The Morgan fingerprint density at radius 1 is 1.23 bits per heavy atom. The molecular formula is C15H16F3N3O. The van der Waals surface area contributed by atoms with E-state index in [1.54, 1.807) is 12.4 Å². The first-order valence-corrected chi connectivity index (χ1v) is 7.03. The molecule has 0 atom stereocenters. The van der Waals surface area contributed by atoms with Crippen LogP contribution >= 0.6 is 0 Å². The first kappa shape index (κ1) is 14.7. The smallest absolute Gasteiger partial charge is 0.361 e. The van der Waals surface area contributed by atoms with E-state index in [9.17, 15) is 18.0 Å². The minimum atomic E-state index is -4.41. The number of rotatable bonds is 0. The summed E-state index contributed by atoms with van der Waals surface area (Å²) in [7, 11) is 1.83. The van der Waals surface area contributed by atoms with Crippen molar-refractivity contribution in [3.8, 4) is 0 Å². The summed E-state index contributed by atoms with van der Waals surface area (Å²) in [6.45, 7) is 0.838. The van der Waals surface area contributed by atoms with Crippen molar-refractivity contribution in [3.63, 3.8) is 0 Å². The number of alkyl halides is 3. The van der Waals surface area contributed by atoms with Crippen LogP contribution in [0.4, 0.5) is 23.7 Å². The summed E-state index contributed by atoms with van der Waals surface area (Å²) in [6, 6.07) is 3.34. The molecule has 2 amide bonds. The van der Waals surface area contributed by atoms with Gasteiger partial charge in [0.15, 0.2) is 0 Å². The Kier molecular flexibility index (Phi) is 3.50. The van der Waals surface area contributed by atoms with Crippen LogP contribution in [0.1, 0.15) is 17.5 Å². The number of hydrogen-bond acceptors (Lipinski definition) is 2. The van der Waals surface area contributed by atoms with Crippen LogP contribution in [-0.2, 0) is 12.6 Å². The number of carbonyl (C=O) groups is 1. The highest BCUT2D eigenvalue weighted by atomic mass is 19.4. The van der Waals surface area contributed by atoms with Crippen LogP contribution in [0.2, 0.25) is 0 Å². The molecule has 2 aliphatic rings. The zero-order valence-electron chi connectivity index (χ0n) is 12.1. The number of benzene rings is 1. The number of anilines is 1. The van der Waals surface area contributed by atoms with Crippen LogP contribution in [0, 0.1) is 0 Å². The molecule has 2 aliphatic heterocycles. The molecule has 0 aliphatic carbocycles. The number of fused-ring (bicyclic) bond motifs is 1. The molecular weight excluding hydrogens is 295 g/mol. The van der Waals surface area contributed by atoms with Gasteiger partial charge in [-0.05, 0) is 30.5 Å². The highest BCUT2D eigenvalue weighted by Crippen LogP contribution is 2.36. The minimum Gasteiger partial charge on any atom is -0.361 e. The quantitative estimate of drug-likeness (QED) is 0.735. The summed E-state index contributed by atoms with van der Waals surface area (Å²) in [5.41, 5.74) is 0.429. The van der Waals surface area contributed by atoms with E-state index in [-0.39, 0.29) is 6.03 Å². The van der Waals surface area contributed by atoms with E-state index in [0.717, 1.165) is 24.1 Å². The lowest BCUT2D eigenvalue weighted by molar-refractivity contribution is -0.137. The molecule has 3 rings (SSSR count).